The van der Waals surface area contributed by atoms with E-state index in [0.717, 1.165) is 21.3 Å². The Morgan fingerprint density at radius 3 is 2.27 bits per heavy atom. The van der Waals surface area contributed by atoms with Crippen molar-refractivity contribution in [3.05, 3.63) is 114 Å². The van der Waals surface area contributed by atoms with Gasteiger partial charge in [-0.05, 0) is 54.4 Å². The number of halogens is 1. The third-order valence-corrected chi connectivity index (χ3v) is 9.10. The summed E-state index contributed by atoms with van der Waals surface area (Å²) in [4.78, 5) is 20.2. The first-order valence-electron chi connectivity index (χ1n) is 11.5. The molecular weight excluding hydrogens is 526 g/mol. The van der Waals surface area contributed by atoms with E-state index in [1.807, 2.05) is 49.4 Å². The number of anilines is 1. The maximum absolute atomic E-state index is 13.8. The van der Waals surface area contributed by atoms with E-state index in [1.54, 1.807) is 4.90 Å². The van der Waals surface area contributed by atoms with Crippen molar-refractivity contribution in [2.45, 2.75) is 18.4 Å². The van der Waals surface area contributed by atoms with Gasteiger partial charge in [0.15, 0.2) is 5.13 Å². The number of hydrogen-bond donors (Lipinski definition) is 0. The molecule has 4 aromatic rings. The van der Waals surface area contributed by atoms with Gasteiger partial charge in [-0.3, -0.25) is 9.69 Å². The highest BCUT2D eigenvalue weighted by molar-refractivity contribution is 7.89. The lowest BCUT2D eigenvalue weighted by Gasteiger charge is -2.21. The molecule has 0 bridgehead atoms. The molecule has 3 aromatic carbocycles. The fraction of sp³-hybridized carbons (Fsp3) is 0.143. The van der Waals surface area contributed by atoms with Crippen LogP contribution in [0.15, 0.2) is 96.9 Å². The summed E-state index contributed by atoms with van der Waals surface area (Å²) in [5, 5.41) is 1.15. The van der Waals surface area contributed by atoms with E-state index < -0.39 is 10.0 Å². The van der Waals surface area contributed by atoms with E-state index in [-0.39, 0.29) is 23.9 Å². The van der Waals surface area contributed by atoms with Crippen LogP contribution in [0.2, 0.25) is 5.02 Å². The van der Waals surface area contributed by atoms with Crippen LogP contribution in [0.3, 0.4) is 0 Å². The molecule has 6 nitrogen and oxygen atoms in total. The van der Waals surface area contributed by atoms with E-state index in [4.69, 9.17) is 16.6 Å². The Kier molecular flexibility index (Phi) is 8.24. The zero-order chi connectivity index (χ0) is 26.6. The fourth-order valence-electron chi connectivity index (χ4n) is 3.83. The summed E-state index contributed by atoms with van der Waals surface area (Å²) in [6, 6.07) is 19.3. The Morgan fingerprint density at radius 2 is 1.65 bits per heavy atom. The molecule has 0 aliphatic heterocycles. The molecule has 0 aliphatic carbocycles. The van der Waals surface area contributed by atoms with Gasteiger partial charge in [-0.1, -0.05) is 65.4 Å². The predicted molar refractivity (Wildman–Crippen MR) is 152 cm³/mol. The summed E-state index contributed by atoms with van der Waals surface area (Å²) in [7, 11) is -3.77. The zero-order valence-corrected chi connectivity index (χ0v) is 22.7. The number of thiazole rings is 1. The van der Waals surface area contributed by atoms with Crippen molar-refractivity contribution in [1.82, 2.24) is 9.29 Å². The molecular formula is C28H26ClN3O3S2. The van der Waals surface area contributed by atoms with Gasteiger partial charge in [-0.15, -0.1) is 13.2 Å². The number of aromatic nitrogens is 1. The second-order valence-corrected chi connectivity index (χ2v) is 11.7. The number of rotatable bonds is 10. The molecule has 0 radical (unpaired) electrons. The van der Waals surface area contributed by atoms with Gasteiger partial charge in [0.25, 0.3) is 5.91 Å². The Balaban J connectivity index is 1.71. The molecule has 190 valence electrons. The fourth-order valence-corrected chi connectivity index (χ4v) is 6.39. The molecule has 0 unspecified atom stereocenters. The molecule has 0 N–H and O–H groups in total. The number of hydrogen-bond acceptors (Lipinski definition) is 5. The molecule has 0 atom stereocenters. The SMILES string of the molecule is C=CCN(CC=C)S(=O)(=O)c1ccc(C(=O)N(Cc2ccccc2)c2nc3c(C)c(Cl)ccc3s2)cc1. The number of sulfonamides is 1. The Hall–Kier alpha value is -3.30. The monoisotopic (exact) mass is 551 g/mol. The van der Waals surface area contributed by atoms with Crippen molar-refractivity contribution in [3.63, 3.8) is 0 Å². The number of amides is 1. The molecule has 1 aromatic heterocycles. The molecule has 4 rings (SSSR count). The van der Waals surface area contributed by atoms with Gasteiger partial charge < -0.3 is 0 Å². The topological polar surface area (TPSA) is 70.6 Å². The average Bonchev–Trinajstić information content (AvgIpc) is 3.34. The first-order chi connectivity index (χ1) is 17.8. The maximum atomic E-state index is 13.8. The van der Waals surface area contributed by atoms with Crippen LogP contribution in [-0.2, 0) is 16.6 Å². The summed E-state index contributed by atoms with van der Waals surface area (Å²) in [6.45, 7) is 9.78. The van der Waals surface area contributed by atoms with E-state index in [9.17, 15) is 13.2 Å². The number of benzene rings is 3. The van der Waals surface area contributed by atoms with Crippen LogP contribution in [0.4, 0.5) is 5.13 Å². The van der Waals surface area contributed by atoms with Gasteiger partial charge in [-0.2, -0.15) is 4.31 Å². The second kappa shape index (κ2) is 11.4. The molecule has 37 heavy (non-hydrogen) atoms. The largest absolute Gasteiger partial charge is 0.279 e. The van der Waals surface area contributed by atoms with Crippen molar-refractivity contribution < 1.29 is 13.2 Å². The van der Waals surface area contributed by atoms with Crippen LogP contribution in [0.1, 0.15) is 21.5 Å². The second-order valence-electron chi connectivity index (χ2n) is 8.32. The van der Waals surface area contributed by atoms with Crippen LogP contribution >= 0.6 is 22.9 Å². The minimum absolute atomic E-state index is 0.0904. The van der Waals surface area contributed by atoms with Crippen LogP contribution < -0.4 is 4.90 Å². The maximum Gasteiger partial charge on any atom is 0.260 e. The van der Waals surface area contributed by atoms with Gasteiger partial charge >= 0.3 is 0 Å². The summed E-state index contributed by atoms with van der Waals surface area (Å²) >= 11 is 7.71. The van der Waals surface area contributed by atoms with Crippen LogP contribution in [0.25, 0.3) is 10.2 Å². The highest BCUT2D eigenvalue weighted by Crippen LogP contribution is 2.35. The summed E-state index contributed by atoms with van der Waals surface area (Å²) in [5.74, 6) is -0.287. The van der Waals surface area contributed by atoms with Crippen molar-refractivity contribution in [2.24, 2.45) is 0 Å². The number of carbonyl (C=O) groups excluding carboxylic acids is 1. The van der Waals surface area contributed by atoms with E-state index in [2.05, 4.69) is 13.2 Å². The lowest BCUT2D eigenvalue weighted by atomic mass is 10.1. The first-order valence-corrected chi connectivity index (χ1v) is 14.1. The van der Waals surface area contributed by atoms with Gasteiger partial charge in [0.1, 0.15) is 0 Å². The number of nitrogens with zero attached hydrogens (tertiary/aromatic N) is 3. The molecule has 0 spiro atoms. The van der Waals surface area contributed by atoms with Crippen molar-refractivity contribution in [1.29, 1.82) is 0 Å². The predicted octanol–water partition coefficient (Wildman–Crippen LogP) is 6.47. The van der Waals surface area contributed by atoms with Gasteiger partial charge in [0.2, 0.25) is 10.0 Å². The van der Waals surface area contributed by atoms with Crippen LogP contribution in [0, 0.1) is 6.92 Å². The van der Waals surface area contributed by atoms with Gasteiger partial charge in [0.05, 0.1) is 21.7 Å². The third-order valence-electron chi connectivity index (χ3n) is 5.80. The first kappa shape index (κ1) is 26.8. The highest BCUT2D eigenvalue weighted by atomic mass is 35.5. The minimum atomic E-state index is -3.77. The highest BCUT2D eigenvalue weighted by Gasteiger charge is 2.25. The van der Waals surface area contributed by atoms with E-state index in [0.29, 0.717) is 22.3 Å². The van der Waals surface area contributed by atoms with Crippen molar-refractivity contribution in [2.75, 3.05) is 18.0 Å². The summed E-state index contributed by atoms with van der Waals surface area (Å²) in [5.41, 5.74) is 2.90. The smallest absolute Gasteiger partial charge is 0.260 e. The molecule has 0 saturated carbocycles. The van der Waals surface area contributed by atoms with Crippen molar-refractivity contribution >= 4 is 54.2 Å². The molecule has 0 saturated heterocycles. The summed E-state index contributed by atoms with van der Waals surface area (Å²) < 4.78 is 28.3. The summed E-state index contributed by atoms with van der Waals surface area (Å²) in [6.07, 6.45) is 3.04. The molecule has 0 fully saturated rings. The van der Waals surface area contributed by atoms with Gasteiger partial charge in [-0.25, -0.2) is 13.4 Å². The molecule has 0 aliphatic rings. The number of aryl methyl sites for hydroxylation is 1. The van der Waals surface area contributed by atoms with Crippen molar-refractivity contribution in [3.8, 4) is 0 Å². The lowest BCUT2D eigenvalue weighted by Crippen LogP contribution is -2.32. The lowest BCUT2D eigenvalue weighted by molar-refractivity contribution is 0.0985. The zero-order valence-electron chi connectivity index (χ0n) is 20.3. The molecule has 1 heterocycles. The standard InChI is InChI=1S/C28H26ClN3O3S2/c1-4-17-31(18-5-2)37(34,35)23-13-11-22(12-14-23)27(33)32(19-21-9-7-6-8-10-21)28-30-26-20(3)24(29)15-16-25(26)36-28/h4-16H,1-2,17-19H2,3H3. The Bertz CT molecular complexity index is 1540. The molecule has 9 heteroatoms. The quantitative estimate of drug-likeness (QED) is 0.212. The van der Waals surface area contributed by atoms with E-state index >= 15 is 0 Å². The van der Waals surface area contributed by atoms with Crippen LogP contribution in [0.5, 0.6) is 0 Å². The number of carbonyl (C=O) groups is 1. The number of fused-ring (bicyclic) bond motifs is 1. The Morgan fingerprint density at radius 1 is 1.00 bits per heavy atom. The average molecular weight is 552 g/mol. The van der Waals surface area contributed by atoms with E-state index in [1.165, 1.54) is 52.1 Å². The third kappa shape index (κ3) is 5.67. The molecule has 1 amide bonds. The Labute approximate surface area is 226 Å². The van der Waals surface area contributed by atoms with Crippen LogP contribution in [-0.4, -0.2) is 36.7 Å². The normalized spacial score (nSPS) is 11.5. The van der Waals surface area contributed by atoms with Gasteiger partial charge in [0, 0.05) is 23.7 Å². The minimum Gasteiger partial charge on any atom is -0.279 e.